The van der Waals surface area contributed by atoms with Gasteiger partial charge in [0.25, 0.3) is 0 Å². The predicted molar refractivity (Wildman–Crippen MR) is 159 cm³/mol. The number of rotatable bonds is 4. The summed E-state index contributed by atoms with van der Waals surface area (Å²) in [5, 5.41) is 80.9. The molecule has 10 atom stereocenters. The molecular weight excluding hydrogens is 568 g/mol. The Morgan fingerprint density at radius 3 is 1.20 bits per heavy atom. The van der Waals surface area contributed by atoms with E-state index in [0.717, 1.165) is 11.1 Å². The molecule has 0 aromatic heterocycles. The molecule has 5 rings (SSSR count). The van der Waals surface area contributed by atoms with Gasteiger partial charge >= 0.3 is 0 Å². The quantitative estimate of drug-likeness (QED) is 0.180. The molecule has 3 aromatic rings. The molecule has 8 N–H and O–H groups in total. The van der Waals surface area contributed by atoms with E-state index in [-0.39, 0.29) is 0 Å². The Hall–Kier alpha value is -3.62. The molecule has 230 valence electrons. The van der Waals surface area contributed by atoms with Crippen LogP contribution in [-0.4, -0.2) is 115 Å². The second-order valence-corrected chi connectivity index (χ2v) is 10.7. The van der Waals surface area contributed by atoms with Crippen LogP contribution in [0.2, 0.25) is 0 Å². The molecule has 2 heterocycles. The van der Waals surface area contributed by atoms with Crippen LogP contribution in [0.15, 0.2) is 72.8 Å². The largest absolute Gasteiger partial charge is 0.394 e. The van der Waals surface area contributed by atoms with Gasteiger partial charge in [-0.15, -0.1) is 0 Å². The van der Waals surface area contributed by atoms with Crippen LogP contribution in [0.4, 0.5) is 0 Å². The highest BCUT2D eigenvalue weighted by atomic mass is 16.5. The lowest BCUT2D eigenvalue weighted by atomic mass is 9.90. The minimum absolute atomic E-state index is 0.533. The average Bonchev–Trinajstić information content (AvgIpc) is 3.06. The van der Waals surface area contributed by atoms with Gasteiger partial charge in [0.2, 0.25) is 0 Å². The molecule has 2 aliphatic rings. The van der Waals surface area contributed by atoms with Gasteiger partial charge in [-0.05, 0) is 34.4 Å². The van der Waals surface area contributed by atoms with E-state index in [9.17, 15) is 40.9 Å². The zero-order valence-electron chi connectivity index (χ0n) is 23.5. The molecule has 10 heteroatoms. The van der Waals surface area contributed by atoms with Gasteiger partial charge in [-0.2, -0.15) is 0 Å². The first-order valence-electron chi connectivity index (χ1n) is 14.2. The summed E-state index contributed by atoms with van der Waals surface area (Å²) in [5.41, 5.74) is 3.99. The Morgan fingerprint density at radius 2 is 0.864 bits per heavy atom. The zero-order valence-corrected chi connectivity index (χ0v) is 23.5. The Bertz CT molecular complexity index is 1420. The predicted octanol–water partition coefficient (Wildman–Crippen LogP) is -0.592. The van der Waals surface area contributed by atoms with Gasteiger partial charge in [-0.1, -0.05) is 84.3 Å². The van der Waals surface area contributed by atoms with Gasteiger partial charge in [0.05, 0.1) is 13.2 Å². The summed E-state index contributed by atoms with van der Waals surface area (Å²) in [4.78, 5) is 0. The molecule has 2 fully saturated rings. The van der Waals surface area contributed by atoms with Crippen LogP contribution in [0, 0.1) is 23.7 Å². The fourth-order valence-electron chi connectivity index (χ4n) is 5.26. The van der Waals surface area contributed by atoms with E-state index in [1.54, 1.807) is 0 Å². The zero-order chi connectivity index (χ0) is 31.4. The lowest BCUT2D eigenvalue weighted by molar-refractivity contribution is -0.214. The molecular formula is C34H34O10. The number of benzene rings is 3. The smallest absolute Gasteiger partial charge is 0.147 e. The summed E-state index contributed by atoms with van der Waals surface area (Å²) in [7, 11) is 0. The Kier molecular flexibility index (Phi) is 10.1. The van der Waals surface area contributed by atoms with Crippen molar-refractivity contribution in [3.8, 4) is 45.9 Å². The van der Waals surface area contributed by atoms with Crippen LogP contribution in [-0.2, 0) is 9.47 Å². The highest BCUT2D eigenvalue weighted by Gasteiger charge is 2.43. The Balaban J connectivity index is 1.62. The van der Waals surface area contributed by atoms with Crippen LogP contribution in [0.3, 0.4) is 0 Å². The maximum atomic E-state index is 10.5. The molecule has 0 aliphatic carbocycles. The molecule has 2 aliphatic heterocycles. The van der Waals surface area contributed by atoms with E-state index in [0.29, 0.717) is 22.3 Å². The second-order valence-electron chi connectivity index (χ2n) is 10.7. The molecule has 3 aromatic carbocycles. The van der Waals surface area contributed by atoms with Crippen molar-refractivity contribution in [2.75, 3.05) is 13.2 Å². The Labute approximate surface area is 254 Å². The first kappa shape index (κ1) is 31.8. The molecule has 0 spiro atoms. The third-order valence-electron chi connectivity index (χ3n) is 7.81. The first-order valence-corrected chi connectivity index (χ1v) is 14.2. The van der Waals surface area contributed by atoms with Gasteiger partial charge < -0.3 is 50.3 Å². The fraction of sp³-hybridized carbons (Fsp3) is 0.353. The first-order chi connectivity index (χ1) is 21.2. The number of ether oxygens (including phenoxy) is 2. The number of hydrogen-bond acceptors (Lipinski definition) is 10. The summed E-state index contributed by atoms with van der Waals surface area (Å²) in [5.74, 6) is 11.8. The van der Waals surface area contributed by atoms with Gasteiger partial charge in [0.1, 0.15) is 61.0 Å². The highest BCUT2D eigenvalue weighted by Crippen LogP contribution is 2.33. The van der Waals surface area contributed by atoms with Crippen LogP contribution < -0.4 is 0 Å². The topological polar surface area (TPSA) is 180 Å². The molecule has 0 saturated carbocycles. The maximum Gasteiger partial charge on any atom is 0.147 e. The van der Waals surface area contributed by atoms with Crippen molar-refractivity contribution in [3.05, 3.63) is 83.9 Å². The van der Waals surface area contributed by atoms with E-state index in [2.05, 4.69) is 23.7 Å². The minimum atomic E-state index is -1.56. The third kappa shape index (κ3) is 6.57. The van der Waals surface area contributed by atoms with Crippen LogP contribution in [0.5, 0.6) is 0 Å². The van der Waals surface area contributed by atoms with E-state index in [1.807, 2.05) is 72.8 Å². The lowest BCUT2D eigenvalue weighted by Gasteiger charge is -2.37. The van der Waals surface area contributed by atoms with Crippen molar-refractivity contribution in [1.29, 1.82) is 0 Å². The van der Waals surface area contributed by atoms with Crippen molar-refractivity contribution >= 4 is 0 Å². The van der Waals surface area contributed by atoms with Crippen molar-refractivity contribution < 1.29 is 50.3 Å². The fourth-order valence-corrected chi connectivity index (χ4v) is 5.26. The number of aliphatic hydroxyl groups is 8. The summed E-state index contributed by atoms with van der Waals surface area (Å²) < 4.78 is 11.2. The molecule has 10 nitrogen and oxygen atoms in total. The van der Waals surface area contributed by atoms with E-state index < -0.39 is 74.3 Å². The average molecular weight is 603 g/mol. The lowest BCUT2D eigenvalue weighted by Crippen LogP contribution is -2.58. The summed E-state index contributed by atoms with van der Waals surface area (Å²) >= 11 is 0. The molecule has 44 heavy (non-hydrogen) atoms. The highest BCUT2D eigenvalue weighted by molar-refractivity contribution is 5.81. The van der Waals surface area contributed by atoms with Crippen molar-refractivity contribution in [3.63, 3.8) is 0 Å². The number of hydrogen-bond donors (Lipinski definition) is 8. The maximum absolute atomic E-state index is 10.5. The van der Waals surface area contributed by atoms with E-state index >= 15 is 0 Å². The standard InChI is InChI=1S/C34H34O10/c35-17-27-31(39)33(41)29(37)25(43-27)13-11-21-16-24(20-9-5-2-6-10-20)22(15-23(21)19-7-3-1-4-8-19)12-14-26-30(38)34(42)32(40)28(18-36)44-26/h1-10,15-16,25-42H,17-18H2. The monoisotopic (exact) mass is 602 g/mol. The third-order valence-corrected chi connectivity index (χ3v) is 7.81. The van der Waals surface area contributed by atoms with Gasteiger partial charge in [-0.3, -0.25) is 0 Å². The van der Waals surface area contributed by atoms with E-state index in [4.69, 9.17) is 9.47 Å². The van der Waals surface area contributed by atoms with Crippen LogP contribution >= 0.6 is 0 Å². The van der Waals surface area contributed by atoms with Gasteiger partial charge in [0.15, 0.2) is 0 Å². The SMILES string of the molecule is OCC1OC(C#Cc2cc(-c3ccccc3)c(C#CC3OC(CO)C(O)C(O)C3O)cc2-c2ccccc2)C(O)C(O)C1O. The molecule has 0 amide bonds. The summed E-state index contributed by atoms with van der Waals surface area (Å²) in [6, 6.07) is 22.3. The van der Waals surface area contributed by atoms with Crippen molar-refractivity contribution in [2.45, 2.75) is 61.0 Å². The summed E-state index contributed by atoms with van der Waals surface area (Å²) in [6.45, 7) is -1.14. The van der Waals surface area contributed by atoms with Crippen molar-refractivity contribution in [1.82, 2.24) is 0 Å². The van der Waals surface area contributed by atoms with Crippen molar-refractivity contribution in [2.24, 2.45) is 0 Å². The summed E-state index contributed by atoms with van der Waals surface area (Å²) in [6.07, 6.45) is -13.7. The molecule has 0 radical (unpaired) electrons. The minimum Gasteiger partial charge on any atom is -0.394 e. The molecule has 2 saturated heterocycles. The van der Waals surface area contributed by atoms with E-state index in [1.165, 1.54) is 0 Å². The van der Waals surface area contributed by atoms with Gasteiger partial charge in [0, 0.05) is 11.1 Å². The number of aliphatic hydroxyl groups excluding tert-OH is 8. The molecule has 10 unspecified atom stereocenters. The normalized spacial score (nSPS) is 31.7. The second kappa shape index (κ2) is 14.0. The molecule has 0 bridgehead atoms. The Morgan fingerprint density at radius 1 is 0.500 bits per heavy atom. The van der Waals surface area contributed by atoms with Gasteiger partial charge in [-0.25, -0.2) is 0 Å². The van der Waals surface area contributed by atoms with Crippen LogP contribution in [0.1, 0.15) is 11.1 Å². The van der Waals surface area contributed by atoms with Crippen LogP contribution in [0.25, 0.3) is 22.3 Å².